The summed E-state index contributed by atoms with van der Waals surface area (Å²) in [7, 11) is 0. The lowest BCUT2D eigenvalue weighted by molar-refractivity contribution is -0.124. The molecule has 5 rings (SSSR count). The number of Topliss-reactive ketones (excluding diaryl/α,β-unsaturated/α-hetero) is 1. The van der Waals surface area contributed by atoms with Crippen LogP contribution in [0.2, 0.25) is 0 Å². The second-order valence-corrected chi connectivity index (χ2v) is 9.76. The molecule has 0 bridgehead atoms. The van der Waals surface area contributed by atoms with Crippen molar-refractivity contribution in [1.29, 1.82) is 0 Å². The summed E-state index contributed by atoms with van der Waals surface area (Å²) in [5.74, 6) is -0.389. The molecule has 1 amide bonds. The van der Waals surface area contributed by atoms with Crippen LogP contribution < -0.4 is 0 Å². The minimum Gasteiger partial charge on any atom is -0.446 e. The van der Waals surface area contributed by atoms with E-state index in [-0.39, 0.29) is 29.8 Å². The predicted molar refractivity (Wildman–Crippen MR) is 126 cm³/mol. The molecule has 0 spiro atoms. The normalized spacial score (nSPS) is 23.5. The van der Waals surface area contributed by atoms with Gasteiger partial charge in [0.1, 0.15) is 18.0 Å². The quantitative estimate of drug-likeness (QED) is 0.670. The number of rotatable bonds is 3. The molecule has 1 unspecified atom stereocenters. The highest BCUT2D eigenvalue weighted by Crippen LogP contribution is 2.37. The number of amides is 1. The first-order valence-electron chi connectivity index (χ1n) is 12.4. The smallest absolute Gasteiger partial charge is 0.410 e. The third-order valence-corrected chi connectivity index (χ3v) is 7.54. The summed E-state index contributed by atoms with van der Waals surface area (Å²) in [4.78, 5) is 34.1. The number of pyridine rings is 1. The number of ketones is 1. The van der Waals surface area contributed by atoms with Gasteiger partial charge in [-0.15, -0.1) is 0 Å². The number of halogens is 1. The maximum Gasteiger partial charge on any atom is 0.410 e. The molecule has 1 aromatic carbocycles. The van der Waals surface area contributed by atoms with Crippen molar-refractivity contribution in [2.24, 2.45) is 0 Å². The van der Waals surface area contributed by atoms with Crippen molar-refractivity contribution in [1.82, 2.24) is 14.8 Å². The molecule has 2 atom stereocenters. The summed E-state index contributed by atoms with van der Waals surface area (Å²) in [6.07, 6.45) is 7.52. The van der Waals surface area contributed by atoms with Gasteiger partial charge in [-0.05, 0) is 68.2 Å². The van der Waals surface area contributed by atoms with Crippen LogP contribution in [-0.2, 0) is 22.4 Å². The van der Waals surface area contributed by atoms with Gasteiger partial charge in [-0.1, -0.05) is 30.7 Å². The Morgan fingerprint density at radius 3 is 2.62 bits per heavy atom. The number of carbonyl (C=O) groups excluding carboxylic acids is 2. The fourth-order valence-corrected chi connectivity index (χ4v) is 5.75. The van der Waals surface area contributed by atoms with E-state index in [4.69, 9.17) is 4.74 Å². The molecule has 1 aliphatic heterocycles. The second kappa shape index (κ2) is 9.82. The number of aryl methyl sites for hydroxylation is 2. The highest BCUT2D eigenvalue weighted by molar-refractivity contribution is 5.86. The maximum absolute atomic E-state index is 14.0. The minimum atomic E-state index is -0.579. The molecule has 2 aromatic rings. The monoisotopic (exact) mass is 465 g/mol. The van der Waals surface area contributed by atoms with Gasteiger partial charge in [-0.3, -0.25) is 19.6 Å². The van der Waals surface area contributed by atoms with Gasteiger partial charge in [0, 0.05) is 19.6 Å². The van der Waals surface area contributed by atoms with Gasteiger partial charge in [0.2, 0.25) is 0 Å². The van der Waals surface area contributed by atoms with E-state index in [0.717, 1.165) is 55.3 Å². The Morgan fingerprint density at radius 1 is 1.06 bits per heavy atom. The molecule has 1 saturated heterocycles. The number of ether oxygens (including phenoxy) is 1. The van der Waals surface area contributed by atoms with E-state index in [9.17, 15) is 14.0 Å². The summed E-state index contributed by atoms with van der Waals surface area (Å²) in [6, 6.07) is 9.08. The number of piperazine rings is 1. The number of hydrogen-bond donors (Lipinski definition) is 0. The number of hydrogen-bond acceptors (Lipinski definition) is 5. The fraction of sp³-hybridized carbons (Fsp3) is 0.519. The van der Waals surface area contributed by atoms with Crippen LogP contribution in [0.25, 0.3) is 0 Å². The van der Waals surface area contributed by atoms with E-state index in [0.29, 0.717) is 19.6 Å². The zero-order valence-corrected chi connectivity index (χ0v) is 19.7. The molecule has 1 saturated carbocycles. The summed E-state index contributed by atoms with van der Waals surface area (Å²) in [5, 5.41) is 0. The molecule has 2 fully saturated rings. The van der Waals surface area contributed by atoms with E-state index in [2.05, 4.69) is 22.0 Å². The summed E-state index contributed by atoms with van der Waals surface area (Å²) in [6.45, 7) is 2.93. The molecular weight excluding hydrogens is 433 g/mol. The van der Waals surface area contributed by atoms with Crippen molar-refractivity contribution in [2.75, 3.05) is 19.6 Å². The first-order chi connectivity index (χ1) is 16.5. The fourth-order valence-electron chi connectivity index (χ4n) is 5.75. The van der Waals surface area contributed by atoms with Crippen molar-refractivity contribution in [3.63, 3.8) is 0 Å². The molecule has 1 aromatic heterocycles. The molecule has 2 heterocycles. The number of benzene rings is 1. The lowest BCUT2D eigenvalue weighted by Crippen LogP contribution is -2.59. The molecule has 3 aliphatic rings. The summed E-state index contributed by atoms with van der Waals surface area (Å²) in [5.41, 5.74) is 4.09. The molecule has 180 valence electrons. The Labute approximate surface area is 200 Å². The average Bonchev–Trinajstić information content (AvgIpc) is 3.01. The Balaban J connectivity index is 1.42. The van der Waals surface area contributed by atoms with Gasteiger partial charge in [-0.2, -0.15) is 0 Å². The molecular formula is C27H32FN3O3. The number of aromatic nitrogens is 1. The third-order valence-electron chi connectivity index (χ3n) is 7.54. The molecule has 0 radical (unpaired) electrons. The van der Waals surface area contributed by atoms with Gasteiger partial charge in [0.05, 0.1) is 17.9 Å². The first-order valence-corrected chi connectivity index (χ1v) is 12.4. The van der Waals surface area contributed by atoms with E-state index < -0.39 is 6.04 Å². The van der Waals surface area contributed by atoms with Crippen LogP contribution in [0.3, 0.4) is 0 Å². The van der Waals surface area contributed by atoms with Gasteiger partial charge in [0.25, 0.3) is 0 Å². The SMILES string of the molecule is CC(=O)[C@H]1CN(C2c3ccccc3CCc3cc(F)cnc32)CCN1C(=O)OC1CCCCC1. The van der Waals surface area contributed by atoms with Crippen molar-refractivity contribution < 1.29 is 18.7 Å². The average molecular weight is 466 g/mol. The summed E-state index contributed by atoms with van der Waals surface area (Å²) >= 11 is 0. The molecule has 34 heavy (non-hydrogen) atoms. The van der Waals surface area contributed by atoms with Crippen molar-refractivity contribution in [3.8, 4) is 0 Å². The van der Waals surface area contributed by atoms with E-state index >= 15 is 0 Å². The lowest BCUT2D eigenvalue weighted by Gasteiger charge is -2.43. The van der Waals surface area contributed by atoms with Crippen molar-refractivity contribution in [3.05, 3.63) is 64.7 Å². The second-order valence-electron chi connectivity index (χ2n) is 9.76. The first kappa shape index (κ1) is 23.0. The highest BCUT2D eigenvalue weighted by Gasteiger charge is 2.40. The molecule has 0 N–H and O–H groups in total. The van der Waals surface area contributed by atoms with Crippen LogP contribution in [0.4, 0.5) is 9.18 Å². The van der Waals surface area contributed by atoms with Crippen LogP contribution in [-0.4, -0.2) is 58.4 Å². The van der Waals surface area contributed by atoms with Gasteiger partial charge in [0.15, 0.2) is 5.78 Å². The zero-order chi connectivity index (χ0) is 23.7. The number of carbonyl (C=O) groups is 2. The van der Waals surface area contributed by atoms with E-state index in [1.165, 1.54) is 25.1 Å². The Hall–Kier alpha value is -2.80. The Bertz CT molecular complexity index is 1070. The summed E-state index contributed by atoms with van der Waals surface area (Å²) < 4.78 is 19.8. The molecule has 7 heteroatoms. The van der Waals surface area contributed by atoms with Gasteiger partial charge >= 0.3 is 6.09 Å². The van der Waals surface area contributed by atoms with Crippen LogP contribution in [0.1, 0.15) is 67.5 Å². The Morgan fingerprint density at radius 2 is 1.82 bits per heavy atom. The maximum atomic E-state index is 14.0. The van der Waals surface area contributed by atoms with Crippen LogP contribution in [0.5, 0.6) is 0 Å². The highest BCUT2D eigenvalue weighted by atomic mass is 19.1. The van der Waals surface area contributed by atoms with Crippen molar-refractivity contribution >= 4 is 11.9 Å². The van der Waals surface area contributed by atoms with Crippen LogP contribution in [0, 0.1) is 5.82 Å². The largest absolute Gasteiger partial charge is 0.446 e. The van der Waals surface area contributed by atoms with Crippen LogP contribution in [0.15, 0.2) is 36.5 Å². The molecule has 2 aliphatic carbocycles. The van der Waals surface area contributed by atoms with E-state index in [1.807, 2.05) is 12.1 Å². The standard InChI is InChI=1S/C27H32FN3O3/c1-18(32)24-17-30(13-14-31(24)27(33)34-22-8-3-2-4-9-22)26-23-10-6-5-7-19(23)11-12-20-15-21(28)16-29-25(20)26/h5-7,10,15-16,22,24,26H,2-4,8-9,11-14,17H2,1H3/t24-,26?/m1/s1. The van der Waals surface area contributed by atoms with E-state index in [1.54, 1.807) is 11.0 Å². The Kier molecular flexibility index (Phi) is 6.63. The third kappa shape index (κ3) is 4.58. The van der Waals surface area contributed by atoms with Gasteiger partial charge in [-0.25, -0.2) is 9.18 Å². The molecule has 6 nitrogen and oxygen atoms in total. The van der Waals surface area contributed by atoms with Crippen molar-refractivity contribution in [2.45, 2.75) is 70.1 Å². The minimum absolute atomic E-state index is 0.0494. The van der Waals surface area contributed by atoms with Gasteiger partial charge < -0.3 is 4.74 Å². The number of fused-ring (bicyclic) bond motifs is 2. The number of nitrogens with zero attached hydrogens (tertiary/aromatic N) is 3. The lowest BCUT2D eigenvalue weighted by atomic mass is 9.95. The zero-order valence-electron chi connectivity index (χ0n) is 19.7. The predicted octanol–water partition coefficient (Wildman–Crippen LogP) is 4.45. The van der Waals surface area contributed by atoms with Crippen LogP contribution >= 0.6 is 0 Å². The topological polar surface area (TPSA) is 62.7 Å².